The summed E-state index contributed by atoms with van der Waals surface area (Å²) in [4.78, 5) is 0. The van der Waals surface area contributed by atoms with Crippen molar-refractivity contribution in [2.24, 2.45) is 7.05 Å². The van der Waals surface area contributed by atoms with E-state index in [1.54, 1.807) is 7.11 Å². The third-order valence-electron chi connectivity index (χ3n) is 4.07. The van der Waals surface area contributed by atoms with E-state index < -0.39 is 0 Å². The Kier molecular flexibility index (Phi) is 4.39. The van der Waals surface area contributed by atoms with Gasteiger partial charge in [0.15, 0.2) is 0 Å². The molecule has 1 heterocycles. The SMILES string of the molecule is COc1ccc(C)c2c(CCNC(C)C)c(C)n(C)c12. The predicted octanol–water partition coefficient (Wildman–Crippen LogP) is 3.34. The van der Waals surface area contributed by atoms with Gasteiger partial charge in [-0.3, -0.25) is 0 Å². The highest BCUT2D eigenvalue weighted by Crippen LogP contribution is 2.34. The molecule has 3 heteroatoms. The van der Waals surface area contributed by atoms with Crippen LogP contribution in [0.1, 0.15) is 30.7 Å². The van der Waals surface area contributed by atoms with Gasteiger partial charge in [-0.15, -0.1) is 0 Å². The monoisotopic (exact) mass is 274 g/mol. The van der Waals surface area contributed by atoms with E-state index in [4.69, 9.17) is 4.74 Å². The lowest BCUT2D eigenvalue weighted by atomic mass is 10.0. The maximum absolute atomic E-state index is 5.54. The van der Waals surface area contributed by atoms with Gasteiger partial charge in [0.25, 0.3) is 0 Å². The zero-order valence-electron chi connectivity index (χ0n) is 13.5. The lowest BCUT2D eigenvalue weighted by Crippen LogP contribution is -2.25. The van der Waals surface area contributed by atoms with E-state index in [0.29, 0.717) is 6.04 Å². The van der Waals surface area contributed by atoms with Crippen molar-refractivity contribution in [3.05, 3.63) is 29.0 Å². The number of methoxy groups -OCH3 is 1. The largest absolute Gasteiger partial charge is 0.495 e. The van der Waals surface area contributed by atoms with Crippen LogP contribution in [0, 0.1) is 13.8 Å². The van der Waals surface area contributed by atoms with Crippen LogP contribution in [0.2, 0.25) is 0 Å². The summed E-state index contributed by atoms with van der Waals surface area (Å²) in [5.74, 6) is 0.958. The molecule has 0 fully saturated rings. The number of nitrogens with one attached hydrogen (secondary N) is 1. The third-order valence-corrected chi connectivity index (χ3v) is 4.07. The first kappa shape index (κ1) is 14.9. The first-order valence-corrected chi connectivity index (χ1v) is 7.32. The van der Waals surface area contributed by atoms with Crippen LogP contribution < -0.4 is 10.1 Å². The van der Waals surface area contributed by atoms with Gasteiger partial charge >= 0.3 is 0 Å². The Morgan fingerprint density at radius 3 is 2.55 bits per heavy atom. The minimum absolute atomic E-state index is 0.529. The number of fused-ring (bicyclic) bond motifs is 1. The minimum Gasteiger partial charge on any atom is -0.495 e. The van der Waals surface area contributed by atoms with E-state index >= 15 is 0 Å². The molecule has 1 aromatic heterocycles. The smallest absolute Gasteiger partial charge is 0.143 e. The molecule has 2 aromatic rings. The van der Waals surface area contributed by atoms with Crippen molar-refractivity contribution in [1.82, 2.24) is 9.88 Å². The van der Waals surface area contributed by atoms with Crippen molar-refractivity contribution in [1.29, 1.82) is 0 Å². The molecule has 1 aromatic carbocycles. The average Bonchev–Trinajstić information content (AvgIpc) is 2.65. The van der Waals surface area contributed by atoms with Crippen LogP contribution in [-0.2, 0) is 13.5 Å². The molecule has 0 bridgehead atoms. The molecule has 0 radical (unpaired) electrons. The highest BCUT2D eigenvalue weighted by molar-refractivity contribution is 5.93. The summed E-state index contributed by atoms with van der Waals surface area (Å²) in [5.41, 5.74) is 5.30. The Balaban J connectivity index is 2.51. The quantitative estimate of drug-likeness (QED) is 0.905. The number of rotatable bonds is 5. The fourth-order valence-corrected chi connectivity index (χ4v) is 2.89. The molecular weight excluding hydrogens is 248 g/mol. The molecular formula is C17H26N2O. The van der Waals surface area contributed by atoms with Gasteiger partial charge in [0.1, 0.15) is 5.75 Å². The Hall–Kier alpha value is -1.48. The van der Waals surface area contributed by atoms with Gasteiger partial charge in [0.2, 0.25) is 0 Å². The minimum atomic E-state index is 0.529. The van der Waals surface area contributed by atoms with E-state index in [1.165, 1.54) is 27.7 Å². The van der Waals surface area contributed by atoms with Crippen LogP contribution >= 0.6 is 0 Å². The van der Waals surface area contributed by atoms with E-state index in [2.05, 4.69) is 56.8 Å². The second kappa shape index (κ2) is 5.88. The normalized spacial score (nSPS) is 11.6. The lowest BCUT2D eigenvalue weighted by molar-refractivity contribution is 0.417. The number of hydrogen-bond donors (Lipinski definition) is 1. The summed E-state index contributed by atoms with van der Waals surface area (Å²) < 4.78 is 7.79. The number of benzene rings is 1. The van der Waals surface area contributed by atoms with Crippen LogP contribution in [0.15, 0.2) is 12.1 Å². The van der Waals surface area contributed by atoms with E-state index in [9.17, 15) is 0 Å². The highest BCUT2D eigenvalue weighted by Gasteiger charge is 2.17. The molecule has 0 aliphatic heterocycles. The fourth-order valence-electron chi connectivity index (χ4n) is 2.89. The number of hydrogen-bond acceptors (Lipinski definition) is 2. The molecule has 1 N–H and O–H groups in total. The van der Waals surface area contributed by atoms with Gasteiger partial charge in [-0.2, -0.15) is 0 Å². The van der Waals surface area contributed by atoms with Crippen molar-refractivity contribution in [2.75, 3.05) is 13.7 Å². The summed E-state index contributed by atoms with van der Waals surface area (Å²) in [6.45, 7) is 9.76. The summed E-state index contributed by atoms with van der Waals surface area (Å²) in [5, 5.41) is 4.86. The molecule has 0 amide bonds. The van der Waals surface area contributed by atoms with Crippen molar-refractivity contribution in [2.45, 2.75) is 40.2 Å². The van der Waals surface area contributed by atoms with Gasteiger partial charge in [0.05, 0.1) is 12.6 Å². The molecule has 0 unspecified atom stereocenters. The molecule has 0 saturated carbocycles. The number of aryl methyl sites for hydroxylation is 2. The first-order valence-electron chi connectivity index (χ1n) is 7.32. The molecule has 2 rings (SSSR count). The molecule has 0 atom stereocenters. The topological polar surface area (TPSA) is 26.2 Å². The third kappa shape index (κ3) is 2.55. The summed E-state index contributed by atoms with van der Waals surface area (Å²) in [6, 6.07) is 4.74. The van der Waals surface area contributed by atoms with Crippen molar-refractivity contribution < 1.29 is 4.74 Å². The first-order chi connectivity index (χ1) is 9.47. The fraction of sp³-hybridized carbons (Fsp3) is 0.529. The molecule has 0 saturated heterocycles. The zero-order valence-corrected chi connectivity index (χ0v) is 13.5. The van der Waals surface area contributed by atoms with Gasteiger partial charge in [-0.1, -0.05) is 19.9 Å². The van der Waals surface area contributed by atoms with E-state index in [0.717, 1.165) is 18.7 Å². The molecule has 0 aliphatic carbocycles. The average molecular weight is 274 g/mol. The summed E-state index contributed by atoms with van der Waals surface area (Å²) in [7, 11) is 3.87. The van der Waals surface area contributed by atoms with Crippen LogP contribution in [-0.4, -0.2) is 24.3 Å². The Bertz CT molecular complexity index is 611. The Morgan fingerprint density at radius 1 is 1.25 bits per heavy atom. The molecule has 20 heavy (non-hydrogen) atoms. The van der Waals surface area contributed by atoms with Gasteiger partial charge in [0, 0.05) is 24.2 Å². The van der Waals surface area contributed by atoms with Gasteiger partial charge < -0.3 is 14.6 Å². The second-order valence-electron chi connectivity index (χ2n) is 5.79. The Morgan fingerprint density at radius 2 is 1.95 bits per heavy atom. The zero-order chi connectivity index (χ0) is 14.9. The van der Waals surface area contributed by atoms with Crippen LogP contribution in [0.25, 0.3) is 10.9 Å². The maximum Gasteiger partial charge on any atom is 0.143 e. The van der Waals surface area contributed by atoms with Gasteiger partial charge in [-0.25, -0.2) is 0 Å². The Labute approximate surface area is 121 Å². The van der Waals surface area contributed by atoms with E-state index in [-0.39, 0.29) is 0 Å². The number of ether oxygens (including phenoxy) is 1. The molecule has 110 valence electrons. The van der Waals surface area contributed by atoms with Crippen LogP contribution in [0.5, 0.6) is 5.75 Å². The van der Waals surface area contributed by atoms with Crippen molar-refractivity contribution in [3.8, 4) is 5.75 Å². The summed E-state index contributed by atoms with van der Waals surface area (Å²) in [6.07, 6.45) is 1.05. The van der Waals surface area contributed by atoms with Crippen LogP contribution in [0.3, 0.4) is 0 Å². The maximum atomic E-state index is 5.54. The number of aromatic nitrogens is 1. The van der Waals surface area contributed by atoms with Crippen molar-refractivity contribution in [3.63, 3.8) is 0 Å². The number of nitrogens with zero attached hydrogens (tertiary/aromatic N) is 1. The molecule has 0 aliphatic rings. The van der Waals surface area contributed by atoms with Crippen LogP contribution in [0.4, 0.5) is 0 Å². The van der Waals surface area contributed by atoms with Gasteiger partial charge in [-0.05, 0) is 44.0 Å². The standard InChI is InChI=1S/C17H26N2O/c1-11(2)18-10-9-14-13(4)19(5)17-15(20-6)8-7-12(3)16(14)17/h7-8,11,18H,9-10H2,1-6H3. The molecule has 0 spiro atoms. The molecule has 3 nitrogen and oxygen atoms in total. The lowest BCUT2D eigenvalue weighted by Gasteiger charge is -2.09. The highest BCUT2D eigenvalue weighted by atomic mass is 16.5. The van der Waals surface area contributed by atoms with E-state index in [1.807, 2.05) is 0 Å². The van der Waals surface area contributed by atoms with Crippen molar-refractivity contribution >= 4 is 10.9 Å². The second-order valence-corrected chi connectivity index (χ2v) is 5.79. The predicted molar refractivity (Wildman–Crippen MR) is 85.8 cm³/mol. The summed E-state index contributed by atoms with van der Waals surface area (Å²) >= 11 is 0.